The maximum Gasteiger partial charge on any atom is 0.408 e. The van der Waals surface area contributed by atoms with E-state index in [4.69, 9.17) is 10.4 Å². The summed E-state index contributed by atoms with van der Waals surface area (Å²) in [7, 11) is 0. The van der Waals surface area contributed by atoms with Gasteiger partial charge in [0, 0.05) is 6.54 Å². The van der Waals surface area contributed by atoms with E-state index in [-0.39, 0.29) is 0 Å². The number of carbonyl (C=O) groups is 1. The summed E-state index contributed by atoms with van der Waals surface area (Å²) in [6, 6.07) is 1.57. The molecule has 2 atom stereocenters. The minimum absolute atomic E-state index is 0.439. The van der Waals surface area contributed by atoms with Gasteiger partial charge in [-0.2, -0.15) is 5.26 Å². The molecule has 1 N–H and O–H groups in total. The Morgan fingerprint density at radius 1 is 1.75 bits per heavy atom. The van der Waals surface area contributed by atoms with Gasteiger partial charge in [0.25, 0.3) is 0 Å². The van der Waals surface area contributed by atoms with Gasteiger partial charge in [0.1, 0.15) is 6.04 Å². The van der Waals surface area contributed by atoms with Gasteiger partial charge in [-0.15, -0.1) is 0 Å². The van der Waals surface area contributed by atoms with Gasteiger partial charge >= 0.3 is 6.09 Å². The van der Waals surface area contributed by atoms with E-state index in [9.17, 15) is 4.79 Å². The fourth-order valence-corrected chi connectivity index (χ4v) is 1.49. The molecule has 1 heterocycles. The maximum atomic E-state index is 10.6. The van der Waals surface area contributed by atoms with Gasteiger partial charge in [0.05, 0.1) is 6.07 Å². The Hall–Kier alpha value is -1.24. The molecule has 12 heavy (non-hydrogen) atoms. The first-order chi connectivity index (χ1) is 5.65. The zero-order valence-electron chi connectivity index (χ0n) is 7.03. The largest absolute Gasteiger partial charge is 0.465 e. The summed E-state index contributed by atoms with van der Waals surface area (Å²) in [5.74, 6) is 0.463. The zero-order chi connectivity index (χ0) is 9.14. The molecule has 1 unspecified atom stereocenters. The molecule has 1 amide bonds. The average Bonchev–Trinajstić information content (AvgIpc) is 2.03. The first-order valence-electron chi connectivity index (χ1n) is 4.04. The van der Waals surface area contributed by atoms with Crippen molar-refractivity contribution < 1.29 is 9.90 Å². The van der Waals surface area contributed by atoms with Crippen LogP contribution in [0.4, 0.5) is 4.79 Å². The van der Waals surface area contributed by atoms with E-state index in [2.05, 4.69) is 0 Å². The summed E-state index contributed by atoms with van der Waals surface area (Å²) in [6.07, 6.45) is 0.557. The third-order valence-corrected chi connectivity index (χ3v) is 2.26. The second kappa shape index (κ2) is 3.44. The van der Waals surface area contributed by atoms with Crippen molar-refractivity contribution >= 4 is 6.09 Å². The summed E-state index contributed by atoms with van der Waals surface area (Å²) in [6.45, 7) is 2.54. The molecule has 0 saturated carbocycles. The molecule has 1 saturated heterocycles. The van der Waals surface area contributed by atoms with Crippen molar-refractivity contribution in [2.45, 2.75) is 25.8 Å². The molecule has 0 aromatic heterocycles. The van der Waals surface area contributed by atoms with Crippen LogP contribution in [0.2, 0.25) is 0 Å². The Bertz CT molecular complexity index is 222. The maximum absolute atomic E-state index is 10.6. The van der Waals surface area contributed by atoms with E-state index in [1.165, 1.54) is 4.90 Å². The quantitative estimate of drug-likeness (QED) is 0.592. The highest BCUT2D eigenvalue weighted by atomic mass is 16.4. The molecule has 1 aliphatic rings. The average molecular weight is 168 g/mol. The Kier molecular flexibility index (Phi) is 2.54. The van der Waals surface area contributed by atoms with Crippen LogP contribution in [0.15, 0.2) is 0 Å². The number of hydrogen-bond donors (Lipinski definition) is 1. The lowest BCUT2D eigenvalue weighted by Crippen LogP contribution is -2.44. The lowest BCUT2D eigenvalue weighted by Gasteiger charge is -2.32. The van der Waals surface area contributed by atoms with Crippen LogP contribution in [0, 0.1) is 17.2 Å². The summed E-state index contributed by atoms with van der Waals surface area (Å²) in [5, 5.41) is 17.4. The Morgan fingerprint density at radius 3 is 2.92 bits per heavy atom. The number of rotatable bonds is 0. The van der Waals surface area contributed by atoms with Gasteiger partial charge in [-0.1, -0.05) is 6.92 Å². The van der Waals surface area contributed by atoms with E-state index in [0.29, 0.717) is 18.9 Å². The summed E-state index contributed by atoms with van der Waals surface area (Å²) < 4.78 is 0. The number of piperidine rings is 1. The number of nitrogens with zero attached hydrogens (tertiary/aromatic N) is 2. The standard InChI is InChI=1S/C8H12N2O2/c1-6-2-3-10(8(11)12)7(4-6)5-9/h6-7H,2-4H2,1H3,(H,11,12)/t6?,7-/m1/s1. The Morgan fingerprint density at radius 2 is 2.42 bits per heavy atom. The summed E-state index contributed by atoms with van der Waals surface area (Å²) in [5.41, 5.74) is 0. The van der Waals surface area contributed by atoms with Crippen LogP contribution in [0.1, 0.15) is 19.8 Å². The smallest absolute Gasteiger partial charge is 0.408 e. The minimum Gasteiger partial charge on any atom is -0.465 e. The summed E-state index contributed by atoms with van der Waals surface area (Å²) >= 11 is 0. The fraction of sp³-hybridized carbons (Fsp3) is 0.750. The van der Waals surface area contributed by atoms with Crippen LogP contribution >= 0.6 is 0 Å². The van der Waals surface area contributed by atoms with Crippen molar-refractivity contribution in [1.82, 2.24) is 4.90 Å². The first-order valence-corrected chi connectivity index (χ1v) is 4.04. The molecule has 66 valence electrons. The lowest BCUT2D eigenvalue weighted by atomic mass is 9.93. The molecule has 0 radical (unpaired) electrons. The number of amides is 1. The number of hydrogen-bond acceptors (Lipinski definition) is 2. The van der Waals surface area contributed by atoms with E-state index < -0.39 is 12.1 Å². The van der Waals surface area contributed by atoms with Gasteiger partial charge < -0.3 is 5.11 Å². The van der Waals surface area contributed by atoms with Gasteiger partial charge in [-0.25, -0.2) is 4.79 Å². The van der Waals surface area contributed by atoms with E-state index >= 15 is 0 Å². The number of nitriles is 1. The first kappa shape index (κ1) is 8.85. The van der Waals surface area contributed by atoms with Crippen LogP contribution < -0.4 is 0 Å². The fourth-order valence-electron chi connectivity index (χ4n) is 1.49. The molecule has 0 aromatic carbocycles. The second-order valence-electron chi connectivity index (χ2n) is 3.25. The number of likely N-dealkylation sites (tertiary alicyclic amines) is 1. The Labute approximate surface area is 71.4 Å². The minimum atomic E-state index is -0.978. The highest BCUT2D eigenvalue weighted by Crippen LogP contribution is 2.21. The van der Waals surface area contributed by atoms with Crippen molar-refractivity contribution in [3.63, 3.8) is 0 Å². The lowest BCUT2D eigenvalue weighted by molar-refractivity contribution is 0.110. The van der Waals surface area contributed by atoms with Crippen molar-refractivity contribution in [1.29, 1.82) is 5.26 Å². The van der Waals surface area contributed by atoms with Crippen molar-refractivity contribution in [3.05, 3.63) is 0 Å². The molecule has 1 fully saturated rings. The second-order valence-corrected chi connectivity index (χ2v) is 3.25. The van der Waals surface area contributed by atoms with Crippen LogP contribution in [0.25, 0.3) is 0 Å². The van der Waals surface area contributed by atoms with Gasteiger partial charge in [0.2, 0.25) is 0 Å². The van der Waals surface area contributed by atoms with Crippen LogP contribution in [0.5, 0.6) is 0 Å². The molecule has 0 bridgehead atoms. The van der Waals surface area contributed by atoms with Gasteiger partial charge in [-0.05, 0) is 18.8 Å². The molecular formula is C8H12N2O2. The number of carboxylic acid groups (broad SMARTS) is 1. The van der Waals surface area contributed by atoms with Crippen LogP contribution in [-0.2, 0) is 0 Å². The van der Waals surface area contributed by atoms with Crippen molar-refractivity contribution in [2.24, 2.45) is 5.92 Å². The predicted octanol–water partition coefficient (Wildman–Crippen LogP) is 1.29. The third-order valence-electron chi connectivity index (χ3n) is 2.26. The van der Waals surface area contributed by atoms with Gasteiger partial charge in [0.15, 0.2) is 0 Å². The zero-order valence-corrected chi connectivity index (χ0v) is 7.03. The molecule has 0 aromatic rings. The van der Waals surface area contributed by atoms with E-state index in [1.807, 2.05) is 13.0 Å². The highest BCUT2D eigenvalue weighted by molar-refractivity contribution is 5.66. The highest BCUT2D eigenvalue weighted by Gasteiger charge is 2.29. The molecule has 4 nitrogen and oxygen atoms in total. The molecule has 4 heteroatoms. The van der Waals surface area contributed by atoms with Crippen LogP contribution in [-0.4, -0.2) is 28.7 Å². The molecule has 0 spiro atoms. The van der Waals surface area contributed by atoms with Crippen molar-refractivity contribution in [2.75, 3.05) is 6.54 Å². The van der Waals surface area contributed by atoms with E-state index in [0.717, 1.165) is 6.42 Å². The monoisotopic (exact) mass is 168 g/mol. The van der Waals surface area contributed by atoms with Crippen LogP contribution in [0.3, 0.4) is 0 Å². The third kappa shape index (κ3) is 1.67. The summed E-state index contributed by atoms with van der Waals surface area (Å²) in [4.78, 5) is 11.8. The Balaban J connectivity index is 2.64. The molecule has 1 aliphatic heterocycles. The topological polar surface area (TPSA) is 64.3 Å². The van der Waals surface area contributed by atoms with E-state index in [1.54, 1.807) is 0 Å². The normalized spacial score (nSPS) is 29.5. The molecule has 0 aliphatic carbocycles. The van der Waals surface area contributed by atoms with Gasteiger partial charge in [-0.3, -0.25) is 4.90 Å². The molecular weight excluding hydrogens is 156 g/mol. The van der Waals surface area contributed by atoms with Crippen molar-refractivity contribution in [3.8, 4) is 6.07 Å². The predicted molar refractivity (Wildman–Crippen MR) is 42.5 cm³/mol. The molecule has 1 rings (SSSR count). The SMILES string of the molecule is CC1CCN(C(=O)O)[C@@H](C#N)C1.